The summed E-state index contributed by atoms with van der Waals surface area (Å²) in [5.41, 5.74) is 0.477. The molecule has 2 heteroatoms. The monoisotopic (exact) mass is 274 g/mol. The fourth-order valence-corrected chi connectivity index (χ4v) is 5.98. The summed E-state index contributed by atoms with van der Waals surface area (Å²) in [6.45, 7) is 16.9. The zero-order chi connectivity index (χ0) is 13.3. The van der Waals surface area contributed by atoms with E-state index in [1.165, 1.54) is 25.0 Å². The lowest BCUT2D eigenvalue weighted by Gasteiger charge is -2.41. The highest BCUT2D eigenvalue weighted by Gasteiger charge is 2.44. The molecule has 0 aromatic heterocycles. The third-order valence-corrected chi connectivity index (χ3v) is 7.32. The van der Waals surface area contributed by atoms with Gasteiger partial charge in [-0.3, -0.25) is 0 Å². The molecule has 0 bridgehead atoms. The molecule has 0 aliphatic carbocycles. The maximum absolute atomic E-state index is 2.48. The van der Waals surface area contributed by atoms with Gasteiger partial charge in [0.25, 0.3) is 0 Å². The molecule has 0 spiro atoms. The van der Waals surface area contributed by atoms with Crippen LogP contribution < -0.4 is 0 Å². The summed E-state index contributed by atoms with van der Waals surface area (Å²) in [7, 11) is 0. The predicted octanol–water partition coefficient (Wildman–Crippen LogP) is 5.61. The number of hydrogen-bond donors (Lipinski definition) is 0. The molecular formula is C15H30S2. The van der Waals surface area contributed by atoms with Gasteiger partial charge >= 0.3 is 0 Å². The first-order chi connectivity index (χ1) is 7.64. The van der Waals surface area contributed by atoms with E-state index in [4.69, 9.17) is 0 Å². The topological polar surface area (TPSA) is 0 Å². The molecule has 0 saturated carbocycles. The van der Waals surface area contributed by atoms with Gasteiger partial charge in [0.1, 0.15) is 0 Å². The molecule has 0 amide bonds. The van der Waals surface area contributed by atoms with Gasteiger partial charge in [0.05, 0.1) is 0 Å². The van der Waals surface area contributed by atoms with Crippen molar-refractivity contribution in [2.45, 2.75) is 82.5 Å². The Bertz CT molecular complexity index is 254. The number of hydrogen-bond acceptors (Lipinski definition) is 2. The van der Waals surface area contributed by atoms with Crippen molar-refractivity contribution in [2.75, 3.05) is 5.75 Å². The van der Waals surface area contributed by atoms with Crippen LogP contribution in [-0.4, -0.2) is 20.5 Å². The molecule has 2 unspecified atom stereocenters. The van der Waals surface area contributed by atoms with Crippen molar-refractivity contribution in [3.05, 3.63) is 0 Å². The summed E-state index contributed by atoms with van der Waals surface area (Å²) in [4.78, 5) is 0. The molecule has 17 heavy (non-hydrogen) atoms. The fourth-order valence-electron chi connectivity index (χ4n) is 2.52. The van der Waals surface area contributed by atoms with Crippen molar-refractivity contribution < 1.29 is 0 Å². The third-order valence-electron chi connectivity index (χ3n) is 4.18. The predicted molar refractivity (Wildman–Crippen MR) is 85.3 cm³/mol. The van der Waals surface area contributed by atoms with Gasteiger partial charge in [0, 0.05) is 20.5 Å². The molecule has 0 N–H and O–H groups in total. The van der Waals surface area contributed by atoms with Crippen molar-refractivity contribution in [3.8, 4) is 0 Å². The van der Waals surface area contributed by atoms with Gasteiger partial charge in [-0.05, 0) is 32.1 Å². The Hall–Kier alpha value is 0.700. The Morgan fingerprint density at radius 3 is 1.94 bits per heavy atom. The van der Waals surface area contributed by atoms with Gasteiger partial charge in [-0.15, -0.1) is 11.8 Å². The molecule has 102 valence electrons. The molecule has 1 heterocycles. The Labute approximate surface area is 117 Å². The highest BCUT2D eigenvalue weighted by Crippen LogP contribution is 2.53. The molecule has 1 aliphatic rings. The van der Waals surface area contributed by atoms with Crippen LogP contribution in [0, 0.1) is 5.41 Å². The van der Waals surface area contributed by atoms with Gasteiger partial charge in [-0.25, -0.2) is 0 Å². The van der Waals surface area contributed by atoms with Crippen molar-refractivity contribution >= 4 is 23.5 Å². The average molecular weight is 275 g/mol. The lowest BCUT2D eigenvalue weighted by Crippen LogP contribution is -2.35. The summed E-state index contributed by atoms with van der Waals surface area (Å²) >= 11 is 4.37. The fraction of sp³-hybridized carbons (Fsp3) is 1.00. The van der Waals surface area contributed by atoms with E-state index in [9.17, 15) is 0 Å². The molecule has 0 aromatic rings. The second-order valence-corrected chi connectivity index (χ2v) is 10.5. The van der Waals surface area contributed by atoms with Gasteiger partial charge in [0.15, 0.2) is 0 Å². The first kappa shape index (κ1) is 15.8. The van der Waals surface area contributed by atoms with Gasteiger partial charge < -0.3 is 0 Å². The summed E-state index contributed by atoms with van der Waals surface area (Å²) in [6, 6.07) is 0. The van der Waals surface area contributed by atoms with E-state index >= 15 is 0 Å². The Morgan fingerprint density at radius 2 is 1.59 bits per heavy atom. The molecule has 1 rings (SSSR count). The maximum Gasteiger partial charge on any atom is 0.0280 e. The van der Waals surface area contributed by atoms with E-state index in [1.54, 1.807) is 0 Å². The van der Waals surface area contributed by atoms with Crippen LogP contribution in [0.15, 0.2) is 0 Å². The quantitative estimate of drug-likeness (QED) is 0.554. The minimum absolute atomic E-state index is 0.437. The largest absolute Gasteiger partial charge is 0.155 e. The molecule has 0 aromatic carbocycles. The lowest BCUT2D eigenvalue weighted by atomic mass is 9.80. The molecule has 0 nitrogen and oxygen atoms in total. The second-order valence-electron chi connectivity index (χ2n) is 7.03. The van der Waals surface area contributed by atoms with Gasteiger partial charge in [-0.2, -0.15) is 11.8 Å². The number of rotatable bonds is 7. The first-order valence-electron chi connectivity index (χ1n) is 6.96. The van der Waals surface area contributed by atoms with Crippen LogP contribution in [0.25, 0.3) is 0 Å². The van der Waals surface area contributed by atoms with Crippen LogP contribution in [0.1, 0.15) is 67.7 Å². The summed E-state index contributed by atoms with van der Waals surface area (Å²) < 4.78 is 0.880. The van der Waals surface area contributed by atoms with E-state index in [2.05, 4.69) is 72.0 Å². The Kier molecular flexibility index (Phi) is 4.97. The van der Waals surface area contributed by atoms with E-state index < -0.39 is 0 Å². The lowest BCUT2D eigenvalue weighted by molar-refractivity contribution is 0.280. The SMILES string of the molecule is CCC(C)(C)CC(C)(CC)SC(C)(C)C1CS1. The first-order valence-corrected chi connectivity index (χ1v) is 8.82. The molecule has 1 fully saturated rings. The third kappa shape index (κ3) is 4.70. The van der Waals surface area contributed by atoms with Crippen molar-refractivity contribution in [3.63, 3.8) is 0 Å². The average Bonchev–Trinajstić information content (AvgIpc) is 2.99. The molecule has 2 atom stereocenters. The van der Waals surface area contributed by atoms with Crippen LogP contribution >= 0.6 is 23.5 Å². The van der Waals surface area contributed by atoms with Crippen LogP contribution in [-0.2, 0) is 0 Å². The zero-order valence-corrected chi connectivity index (χ0v) is 14.4. The smallest absolute Gasteiger partial charge is 0.0280 e. The van der Waals surface area contributed by atoms with Crippen molar-refractivity contribution in [2.24, 2.45) is 5.41 Å². The zero-order valence-electron chi connectivity index (χ0n) is 12.7. The van der Waals surface area contributed by atoms with E-state index in [-0.39, 0.29) is 0 Å². The standard InChI is InChI=1S/C15H30S2/c1-8-13(3,4)11-15(7,9-2)17-14(5,6)12-10-16-12/h12H,8-11H2,1-7H3. The van der Waals surface area contributed by atoms with Crippen molar-refractivity contribution in [1.29, 1.82) is 0 Å². The molecule has 0 radical (unpaired) electrons. The van der Waals surface area contributed by atoms with Gasteiger partial charge in [-0.1, -0.05) is 41.0 Å². The van der Waals surface area contributed by atoms with E-state index in [0.29, 0.717) is 14.9 Å². The molecule has 1 aliphatic heterocycles. The van der Waals surface area contributed by atoms with Crippen LogP contribution in [0.4, 0.5) is 0 Å². The molecule has 1 saturated heterocycles. The minimum Gasteiger partial charge on any atom is -0.155 e. The van der Waals surface area contributed by atoms with Crippen LogP contribution in [0.5, 0.6) is 0 Å². The van der Waals surface area contributed by atoms with Gasteiger partial charge in [0.2, 0.25) is 0 Å². The summed E-state index contributed by atoms with van der Waals surface area (Å²) in [6.07, 6.45) is 3.89. The highest BCUT2D eigenvalue weighted by atomic mass is 32.2. The minimum atomic E-state index is 0.437. The summed E-state index contributed by atoms with van der Waals surface area (Å²) in [5.74, 6) is 1.37. The highest BCUT2D eigenvalue weighted by molar-refractivity contribution is 8.09. The Balaban J connectivity index is 2.67. The second kappa shape index (κ2) is 5.36. The van der Waals surface area contributed by atoms with Crippen LogP contribution in [0.2, 0.25) is 0 Å². The summed E-state index contributed by atoms with van der Waals surface area (Å²) in [5, 5.41) is 0.892. The van der Waals surface area contributed by atoms with Crippen LogP contribution in [0.3, 0.4) is 0 Å². The van der Waals surface area contributed by atoms with E-state index in [1.807, 2.05) is 0 Å². The molecular weight excluding hydrogens is 244 g/mol. The van der Waals surface area contributed by atoms with E-state index in [0.717, 1.165) is 5.25 Å². The van der Waals surface area contributed by atoms with Crippen molar-refractivity contribution in [1.82, 2.24) is 0 Å². The number of thioether (sulfide) groups is 2. The maximum atomic E-state index is 2.48. The normalized spacial score (nSPS) is 24.5. The Morgan fingerprint density at radius 1 is 1.06 bits per heavy atom.